The molecule has 1 aromatic carbocycles. The van der Waals surface area contributed by atoms with Gasteiger partial charge in [0.15, 0.2) is 0 Å². The van der Waals surface area contributed by atoms with Gasteiger partial charge in [0.2, 0.25) is 0 Å². The van der Waals surface area contributed by atoms with E-state index in [1.807, 2.05) is 24.3 Å². The van der Waals surface area contributed by atoms with Crippen molar-refractivity contribution in [1.29, 1.82) is 0 Å². The predicted molar refractivity (Wildman–Crippen MR) is 82.6 cm³/mol. The van der Waals surface area contributed by atoms with Crippen molar-refractivity contribution in [1.82, 2.24) is 5.32 Å². The lowest BCUT2D eigenvalue weighted by atomic mass is 9.93. The van der Waals surface area contributed by atoms with E-state index in [2.05, 4.69) is 41.8 Å². The lowest BCUT2D eigenvalue weighted by Gasteiger charge is -2.21. The summed E-state index contributed by atoms with van der Waals surface area (Å²) in [5.41, 5.74) is 0.772. The number of hydrogen-bond acceptors (Lipinski definition) is 1. The summed E-state index contributed by atoms with van der Waals surface area (Å²) in [4.78, 5) is 12.2. The summed E-state index contributed by atoms with van der Waals surface area (Å²) in [7, 11) is 0. The Labute approximate surface area is 123 Å². The van der Waals surface area contributed by atoms with E-state index >= 15 is 0 Å². The Morgan fingerprint density at radius 3 is 2.83 bits per heavy atom. The molecule has 1 saturated carbocycles. The molecule has 3 heteroatoms. The molecule has 1 aliphatic carbocycles. The van der Waals surface area contributed by atoms with E-state index in [0.29, 0.717) is 12.0 Å². The van der Waals surface area contributed by atoms with Crippen molar-refractivity contribution < 1.29 is 4.79 Å². The second kappa shape index (κ2) is 6.04. The third-order valence-electron chi connectivity index (χ3n) is 4.15. The molecule has 1 aliphatic rings. The number of amides is 1. The van der Waals surface area contributed by atoms with E-state index in [9.17, 15) is 4.79 Å². The zero-order valence-electron chi connectivity index (χ0n) is 10.9. The van der Waals surface area contributed by atoms with Crippen molar-refractivity contribution in [2.75, 3.05) is 0 Å². The summed E-state index contributed by atoms with van der Waals surface area (Å²) in [5, 5.41) is 3.19. The second-order valence-electron chi connectivity index (χ2n) is 5.20. The molecule has 0 saturated heterocycles. The smallest absolute Gasteiger partial charge is 0.251 e. The van der Waals surface area contributed by atoms with Crippen molar-refractivity contribution in [2.24, 2.45) is 11.8 Å². The monoisotopic (exact) mass is 357 g/mol. The first kappa shape index (κ1) is 13.8. The van der Waals surface area contributed by atoms with Gasteiger partial charge in [-0.05, 0) is 65.5 Å². The Bertz CT molecular complexity index is 432. The van der Waals surface area contributed by atoms with E-state index in [4.69, 9.17) is 0 Å². The van der Waals surface area contributed by atoms with Gasteiger partial charge in [0.25, 0.3) is 5.91 Å². The van der Waals surface area contributed by atoms with Gasteiger partial charge in [0, 0.05) is 15.2 Å². The van der Waals surface area contributed by atoms with Gasteiger partial charge in [-0.2, -0.15) is 0 Å². The molecular formula is C15H20INO. The number of benzene rings is 1. The number of carbonyl (C=O) groups excluding carboxylic acids is 1. The molecule has 0 bridgehead atoms. The Hall–Kier alpha value is -0.580. The minimum atomic E-state index is 0.0714. The molecule has 1 N–H and O–H groups in total. The van der Waals surface area contributed by atoms with Crippen LogP contribution in [0.15, 0.2) is 24.3 Å². The largest absolute Gasteiger partial charge is 0.349 e. The van der Waals surface area contributed by atoms with Crippen LogP contribution in [0.4, 0.5) is 0 Å². The standard InChI is InChI=1S/C15H20INO/c1-3-11-7-8-14(10(11)2)17-15(18)12-5-4-6-13(16)9-12/h4-6,9-11,14H,3,7-8H2,1-2H3,(H,17,18). The zero-order chi connectivity index (χ0) is 13.1. The normalized spacial score (nSPS) is 27.2. The van der Waals surface area contributed by atoms with Gasteiger partial charge >= 0.3 is 0 Å². The number of carbonyl (C=O) groups is 1. The van der Waals surface area contributed by atoms with E-state index in [1.54, 1.807) is 0 Å². The van der Waals surface area contributed by atoms with Gasteiger partial charge in [-0.1, -0.05) is 26.3 Å². The summed E-state index contributed by atoms with van der Waals surface area (Å²) in [5.74, 6) is 1.44. The number of halogens is 1. The van der Waals surface area contributed by atoms with Crippen LogP contribution in [0.5, 0.6) is 0 Å². The van der Waals surface area contributed by atoms with Crippen LogP contribution in [0.2, 0.25) is 0 Å². The highest BCUT2D eigenvalue weighted by molar-refractivity contribution is 14.1. The Balaban J connectivity index is 2.00. The first-order valence-electron chi connectivity index (χ1n) is 6.68. The second-order valence-corrected chi connectivity index (χ2v) is 6.44. The van der Waals surface area contributed by atoms with Gasteiger partial charge in [0.05, 0.1) is 0 Å². The summed E-state index contributed by atoms with van der Waals surface area (Å²) in [6, 6.07) is 8.10. The maximum Gasteiger partial charge on any atom is 0.251 e. The first-order valence-corrected chi connectivity index (χ1v) is 7.76. The van der Waals surface area contributed by atoms with E-state index in [-0.39, 0.29) is 5.91 Å². The van der Waals surface area contributed by atoms with Crippen LogP contribution < -0.4 is 5.32 Å². The third-order valence-corrected chi connectivity index (χ3v) is 4.83. The summed E-state index contributed by atoms with van der Waals surface area (Å²) in [6.45, 7) is 4.51. The van der Waals surface area contributed by atoms with Crippen molar-refractivity contribution in [3.8, 4) is 0 Å². The van der Waals surface area contributed by atoms with Crippen LogP contribution in [-0.2, 0) is 0 Å². The van der Waals surface area contributed by atoms with Crippen LogP contribution in [0.3, 0.4) is 0 Å². The molecule has 0 radical (unpaired) electrons. The fourth-order valence-electron chi connectivity index (χ4n) is 2.91. The lowest BCUT2D eigenvalue weighted by Crippen LogP contribution is -2.37. The lowest BCUT2D eigenvalue weighted by molar-refractivity contribution is 0.0926. The first-order chi connectivity index (χ1) is 8.61. The molecule has 1 amide bonds. The van der Waals surface area contributed by atoms with Crippen LogP contribution in [0.25, 0.3) is 0 Å². The molecule has 3 unspecified atom stereocenters. The molecule has 2 rings (SSSR count). The molecule has 2 nitrogen and oxygen atoms in total. The fraction of sp³-hybridized carbons (Fsp3) is 0.533. The molecule has 18 heavy (non-hydrogen) atoms. The molecule has 0 heterocycles. The molecule has 1 fully saturated rings. The quantitative estimate of drug-likeness (QED) is 0.819. The Kier molecular flexibility index (Phi) is 4.65. The van der Waals surface area contributed by atoms with Gasteiger partial charge in [-0.15, -0.1) is 0 Å². The SMILES string of the molecule is CCC1CCC(NC(=O)c2cccc(I)c2)C1C. The van der Waals surface area contributed by atoms with Gasteiger partial charge in [-0.3, -0.25) is 4.79 Å². The molecule has 0 spiro atoms. The van der Waals surface area contributed by atoms with E-state index in [0.717, 1.165) is 21.5 Å². The molecule has 0 aliphatic heterocycles. The van der Waals surface area contributed by atoms with Crippen LogP contribution in [0.1, 0.15) is 43.5 Å². The topological polar surface area (TPSA) is 29.1 Å². The number of hydrogen-bond donors (Lipinski definition) is 1. The summed E-state index contributed by atoms with van der Waals surface area (Å²) < 4.78 is 1.10. The molecule has 98 valence electrons. The summed E-state index contributed by atoms with van der Waals surface area (Å²) >= 11 is 2.24. The predicted octanol–water partition coefficient (Wildman–Crippen LogP) is 3.85. The molecular weight excluding hydrogens is 337 g/mol. The third kappa shape index (κ3) is 3.05. The van der Waals surface area contributed by atoms with Gasteiger partial charge < -0.3 is 5.32 Å². The van der Waals surface area contributed by atoms with Crippen molar-refractivity contribution >= 4 is 28.5 Å². The molecule has 0 aromatic heterocycles. The average molecular weight is 357 g/mol. The zero-order valence-corrected chi connectivity index (χ0v) is 13.1. The van der Waals surface area contributed by atoms with Gasteiger partial charge in [-0.25, -0.2) is 0 Å². The van der Waals surface area contributed by atoms with E-state index in [1.165, 1.54) is 12.8 Å². The fourth-order valence-corrected chi connectivity index (χ4v) is 3.45. The van der Waals surface area contributed by atoms with Crippen LogP contribution in [0, 0.1) is 15.4 Å². The van der Waals surface area contributed by atoms with Gasteiger partial charge in [0.1, 0.15) is 0 Å². The minimum absolute atomic E-state index is 0.0714. The molecule has 1 aromatic rings. The van der Waals surface area contributed by atoms with Crippen LogP contribution >= 0.6 is 22.6 Å². The number of rotatable bonds is 3. The summed E-state index contributed by atoms with van der Waals surface area (Å²) in [6.07, 6.45) is 3.58. The number of nitrogens with one attached hydrogen (secondary N) is 1. The maximum atomic E-state index is 12.2. The van der Waals surface area contributed by atoms with Crippen molar-refractivity contribution in [3.63, 3.8) is 0 Å². The Morgan fingerprint density at radius 2 is 2.22 bits per heavy atom. The molecule has 3 atom stereocenters. The van der Waals surface area contributed by atoms with Crippen molar-refractivity contribution in [3.05, 3.63) is 33.4 Å². The van der Waals surface area contributed by atoms with Crippen molar-refractivity contribution in [2.45, 2.75) is 39.2 Å². The highest BCUT2D eigenvalue weighted by atomic mass is 127. The Morgan fingerprint density at radius 1 is 1.44 bits per heavy atom. The average Bonchev–Trinajstić information content (AvgIpc) is 2.70. The maximum absolute atomic E-state index is 12.2. The minimum Gasteiger partial charge on any atom is -0.349 e. The highest BCUT2D eigenvalue weighted by Crippen LogP contribution is 2.33. The highest BCUT2D eigenvalue weighted by Gasteiger charge is 2.32. The van der Waals surface area contributed by atoms with E-state index < -0.39 is 0 Å². The van der Waals surface area contributed by atoms with Crippen LogP contribution in [-0.4, -0.2) is 11.9 Å².